The van der Waals surface area contributed by atoms with Gasteiger partial charge in [-0.15, -0.1) is 0 Å². The Kier molecular flexibility index (Phi) is 5.29. The number of hydrogen-bond acceptors (Lipinski definition) is 2. The fraction of sp³-hybridized carbons (Fsp3) is 0.0952. The van der Waals surface area contributed by atoms with Gasteiger partial charge >= 0.3 is 0 Å². The third-order valence-corrected chi connectivity index (χ3v) is 3.98. The van der Waals surface area contributed by atoms with Crippen LogP contribution in [0.15, 0.2) is 84.0 Å². The molecule has 120 valence electrons. The van der Waals surface area contributed by atoms with Crippen molar-refractivity contribution < 1.29 is 0 Å². The Bertz CT molecular complexity index is 794. The van der Waals surface area contributed by atoms with Crippen LogP contribution in [-0.2, 0) is 6.54 Å². The Balaban J connectivity index is 1.86. The van der Waals surface area contributed by atoms with Crippen molar-refractivity contribution >= 4 is 23.5 Å². The van der Waals surface area contributed by atoms with Crippen LogP contribution < -0.4 is 5.01 Å². The van der Waals surface area contributed by atoms with E-state index in [9.17, 15) is 0 Å². The van der Waals surface area contributed by atoms with E-state index in [-0.39, 0.29) is 0 Å². The molecule has 0 N–H and O–H groups in total. The highest BCUT2D eigenvalue weighted by Gasteiger charge is 2.05. The Morgan fingerprint density at radius 2 is 1.54 bits per heavy atom. The standard InChI is InChI=1S/C21H19ClN2/c1-17-7-13-21(14-8-17)24(16-19-5-3-2-4-6-19)23-15-18-9-11-20(22)12-10-18/h2-15H,16H2,1H3/b23-15+. The lowest BCUT2D eigenvalue weighted by Gasteiger charge is -2.19. The van der Waals surface area contributed by atoms with E-state index in [1.165, 1.54) is 11.1 Å². The van der Waals surface area contributed by atoms with E-state index in [1.807, 2.05) is 53.7 Å². The molecule has 0 aliphatic heterocycles. The van der Waals surface area contributed by atoms with Crippen LogP contribution in [0.25, 0.3) is 0 Å². The Morgan fingerprint density at radius 1 is 0.875 bits per heavy atom. The maximum Gasteiger partial charge on any atom is 0.0666 e. The third-order valence-electron chi connectivity index (χ3n) is 3.72. The van der Waals surface area contributed by atoms with Gasteiger partial charge in [-0.3, -0.25) is 5.01 Å². The number of hydrogen-bond donors (Lipinski definition) is 0. The zero-order valence-corrected chi connectivity index (χ0v) is 14.3. The highest BCUT2D eigenvalue weighted by atomic mass is 35.5. The molecule has 3 aromatic carbocycles. The Labute approximate surface area is 148 Å². The molecule has 3 rings (SSSR count). The van der Waals surface area contributed by atoms with Crippen LogP contribution in [0.5, 0.6) is 0 Å². The molecule has 3 heteroatoms. The van der Waals surface area contributed by atoms with Crippen molar-refractivity contribution in [1.29, 1.82) is 0 Å². The molecule has 0 saturated heterocycles. The average molecular weight is 335 g/mol. The smallest absolute Gasteiger partial charge is 0.0666 e. The summed E-state index contributed by atoms with van der Waals surface area (Å²) in [6.45, 7) is 2.80. The summed E-state index contributed by atoms with van der Waals surface area (Å²) in [5.41, 5.74) is 4.53. The number of rotatable bonds is 5. The second kappa shape index (κ2) is 7.80. The molecule has 24 heavy (non-hydrogen) atoms. The number of anilines is 1. The van der Waals surface area contributed by atoms with E-state index in [0.717, 1.165) is 16.3 Å². The molecule has 0 aliphatic rings. The predicted molar refractivity (Wildman–Crippen MR) is 103 cm³/mol. The highest BCUT2D eigenvalue weighted by Crippen LogP contribution is 2.19. The van der Waals surface area contributed by atoms with Gasteiger partial charge in [0.2, 0.25) is 0 Å². The normalized spacial score (nSPS) is 10.9. The van der Waals surface area contributed by atoms with Crippen LogP contribution in [0.4, 0.5) is 5.69 Å². The van der Waals surface area contributed by atoms with Crippen molar-refractivity contribution in [1.82, 2.24) is 0 Å². The van der Waals surface area contributed by atoms with Crippen molar-refractivity contribution in [3.05, 3.63) is 101 Å². The average Bonchev–Trinajstić information content (AvgIpc) is 2.62. The summed E-state index contributed by atoms with van der Waals surface area (Å²) in [5, 5.41) is 7.42. The second-order valence-corrected chi connectivity index (χ2v) is 6.11. The maximum absolute atomic E-state index is 5.94. The summed E-state index contributed by atoms with van der Waals surface area (Å²) in [6, 6.07) is 26.4. The van der Waals surface area contributed by atoms with Gasteiger partial charge in [-0.05, 0) is 42.3 Å². The first kappa shape index (κ1) is 16.3. The van der Waals surface area contributed by atoms with Gasteiger partial charge in [-0.2, -0.15) is 5.10 Å². The summed E-state index contributed by atoms with van der Waals surface area (Å²) in [5.74, 6) is 0. The van der Waals surface area contributed by atoms with E-state index in [0.29, 0.717) is 6.54 Å². The van der Waals surface area contributed by atoms with Gasteiger partial charge in [0.25, 0.3) is 0 Å². The molecule has 0 heterocycles. The SMILES string of the molecule is Cc1ccc(N(Cc2ccccc2)/N=C/c2ccc(Cl)cc2)cc1. The summed E-state index contributed by atoms with van der Waals surface area (Å²) in [4.78, 5) is 0. The lowest BCUT2D eigenvalue weighted by molar-refractivity contribution is 0.858. The van der Waals surface area contributed by atoms with Crippen LogP contribution >= 0.6 is 11.6 Å². The summed E-state index contributed by atoms with van der Waals surface area (Å²) >= 11 is 5.94. The molecule has 0 aliphatic carbocycles. The number of nitrogens with zero attached hydrogens (tertiary/aromatic N) is 2. The lowest BCUT2D eigenvalue weighted by atomic mass is 10.2. The minimum Gasteiger partial charge on any atom is -0.261 e. The molecule has 0 fully saturated rings. The zero-order valence-electron chi connectivity index (χ0n) is 13.6. The second-order valence-electron chi connectivity index (χ2n) is 5.67. The van der Waals surface area contributed by atoms with Crippen molar-refractivity contribution in [3.8, 4) is 0 Å². The monoisotopic (exact) mass is 334 g/mol. The quantitative estimate of drug-likeness (QED) is 0.432. The van der Waals surface area contributed by atoms with Gasteiger partial charge in [0.05, 0.1) is 18.4 Å². The number of aryl methyl sites for hydroxylation is 1. The molecule has 0 atom stereocenters. The Hall–Kier alpha value is -2.58. The third kappa shape index (κ3) is 4.46. The predicted octanol–water partition coefficient (Wildman–Crippen LogP) is 5.69. The largest absolute Gasteiger partial charge is 0.261 e. The molecule has 2 nitrogen and oxygen atoms in total. The molecule has 0 aromatic heterocycles. The first-order chi connectivity index (χ1) is 11.7. The van der Waals surface area contributed by atoms with Gasteiger partial charge in [0.15, 0.2) is 0 Å². The molecular weight excluding hydrogens is 316 g/mol. The maximum atomic E-state index is 5.94. The van der Waals surface area contributed by atoms with Gasteiger partial charge in [-0.1, -0.05) is 71.8 Å². The van der Waals surface area contributed by atoms with Gasteiger partial charge in [0, 0.05) is 5.02 Å². The first-order valence-electron chi connectivity index (χ1n) is 7.88. The fourth-order valence-electron chi connectivity index (χ4n) is 2.36. The van der Waals surface area contributed by atoms with Crippen LogP contribution in [0.1, 0.15) is 16.7 Å². The van der Waals surface area contributed by atoms with E-state index < -0.39 is 0 Å². The van der Waals surface area contributed by atoms with E-state index in [2.05, 4.69) is 48.4 Å². The molecule has 0 unspecified atom stereocenters. The van der Waals surface area contributed by atoms with E-state index in [1.54, 1.807) is 0 Å². The molecule has 0 radical (unpaired) electrons. The highest BCUT2D eigenvalue weighted by molar-refractivity contribution is 6.30. The van der Waals surface area contributed by atoms with E-state index >= 15 is 0 Å². The van der Waals surface area contributed by atoms with Crippen molar-refractivity contribution in [2.24, 2.45) is 5.10 Å². The zero-order chi connectivity index (χ0) is 16.8. The summed E-state index contributed by atoms with van der Waals surface area (Å²) in [6.07, 6.45) is 1.86. The lowest BCUT2D eigenvalue weighted by Crippen LogP contribution is -2.16. The topological polar surface area (TPSA) is 15.6 Å². The fourth-order valence-corrected chi connectivity index (χ4v) is 2.48. The van der Waals surface area contributed by atoms with Crippen LogP contribution in [0.2, 0.25) is 5.02 Å². The molecule has 0 spiro atoms. The van der Waals surface area contributed by atoms with Gasteiger partial charge in [-0.25, -0.2) is 0 Å². The molecular formula is C21H19ClN2. The van der Waals surface area contributed by atoms with Crippen molar-refractivity contribution in [3.63, 3.8) is 0 Å². The number of halogens is 1. The summed E-state index contributed by atoms with van der Waals surface area (Å²) in [7, 11) is 0. The number of hydrazone groups is 1. The minimum absolute atomic E-state index is 0.716. The molecule has 3 aromatic rings. The van der Waals surface area contributed by atoms with Gasteiger partial charge in [0.1, 0.15) is 0 Å². The van der Waals surface area contributed by atoms with Crippen LogP contribution in [0.3, 0.4) is 0 Å². The van der Waals surface area contributed by atoms with Crippen molar-refractivity contribution in [2.75, 3.05) is 5.01 Å². The van der Waals surface area contributed by atoms with E-state index in [4.69, 9.17) is 11.6 Å². The number of benzene rings is 3. The molecule has 0 saturated carbocycles. The Morgan fingerprint density at radius 3 is 2.21 bits per heavy atom. The minimum atomic E-state index is 0.716. The first-order valence-corrected chi connectivity index (χ1v) is 8.26. The molecule has 0 bridgehead atoms. The van der Waals surface area contributed by atoms with Crippen LogP contribution in [-0.4, -0.2) is 6.21 Å². The van der Waals surface area contributed by atoms with Crippen LogP contribution in [0, 0.1) is 6.92 Å². The van der Waals surface area contributed by atoms with Gasteiger partial charge < -0.3 is 0 Å². The summed E-state index contributed by atoms with van der Waals surface area (Å²) < 4.78 is 0. The van der Waals surface area contributed by atoms with Crippen molar-refractivity contribution in [2.45, 2.75) is 13.5 Å². The molecule has 0 amide bonds.